The van der Waals surface area contributed by atoms with Gasteiger partial charge in [-0.05, 0) is 24.3 Å². The van der Waals surface area contributed by atoms with Crippen LogP contribution in [0.25, 0.3) is 5.69 Å². The molecule has 0 aliphatic rings. The molecule has 0 saturated heterocycles. The molecule has 0 aliphatic carbocycles. The van der Waals surface area contributed by atoms with E-state index in [-0.39, 0.29) is 6.04 Å². The van der Waals surface area contributed by atoms with Crippen molar-refractivity contribution < 1.29 is 0 Å². The first-order chi connectivity index (χ1) is 8.65. The molecule has 2 aromatic rings. The molecule has 1 aromatic carbocycles. The SMILES string of the molecule is CSc1ccccc1-n1cncc1C(N)C(C)C. The lowest BCUT2D eigenvalue weighted by molar-refractivity contribution is 0.496. The lowest BCUT2D eigenvalue weighted by Gasteiger charge is -2.19. The highest BCUT2D eigenvalue weighted by atomic mass is 32.2. The van der Waals surface area contributed by atoms with Crippen LogP contribution in [0.4, 0.5) is 0 Å². The van der Waals surface area contributed by atoms with Gasteiger partial charge in [-0.3, -0.25) is 0 Å². The van der Waals surface area contributed by atoms with E-state index in [1.165, 1.54) is 4.90 Å². The first-order valence-corrected chi connectivity index (χ1v) is 7.28. The Bertz CT molecular complexity index is 519. The number of hydrogen-bond acceptors (Lipinski definition) is 3. The van der Waals surface area contributed by atoms with Crippen molar-refractivity contribution in [2.75, 3.05) is 6.26 Å². The summed E-state index contributed by atoms with van der Waals surface area (Å²) in [5.74, 6) is 0.391. The van der Waals surface area contributed by atoms with Gasteiger partial charge in [0.2, 0.25) is 0 Å². The topological polar surface area (TPSA) is 43.8 Å². The molecule has 96 valence electrons. The maximum absolute atomic E-state index is 6.24. The third-order valence-corrected chi connectivity index (χ3v) is 3.86. The van der Waals surface area contributed by atoms with Gasteiger partial charge in [-0.1, -0.05) is 26.0 Å². The highest BCUT2D eigenvalue weighted by Crippen LogP contribution is 2.27. The Balaban J connectivity index is 2.49. The first-order valence-electron chi connectivity index (χ1n) is 6.06. The smallest absolute Gasteiger partial charge is 0.0995 e. The molecule has 0 radical (unpaired) electrons. The van der Waals surface area contributed by atoms with Crippen molar-refractivity contribution in [2.24, 2.45) is 11.7 Å². The summed E-state index contributed by atoms with van der Waals surface area (Å²) in [4.78, 5) is 5.48. The summed E-state index contributed by atoms with van der Waals surface area (Å²) in [5, 5.41) is 0. The Hall–Kier alpha value is -1.26. The number of nitrogens with two attached hydrogens (primary N) is 1. The quantitative estimate of drug-likeness (QED) is 0.859. The zero-order valence-corrected chi connectivity index (χ0v) is 11.8. The van der Waals surface area contributed by atoms with Crippen LogP contribution in [0.5, 0.6) is 0 Å². The average molecular weight is 261 g/mol. The Morgan fingerprint density at radius 2 is 2.00 bits per heavy atom. The van der Waals surface area contributed by atoms with Gasteiger partial charge in [0.05, 0.1) is 23.9 Å². The minimum Gasteiger partial charge on any atom is -0.322 e. The number of hydrogen-bond donors (Lipinski definition) is 1. The maximum atomic E-state index is 6.24. The molecule has 2 rings (SSSR count). The van der Waals surface area contributed by atoms with Crippen molar-refractivity contribution in [3.05, 3.63) is 42.5 Å². The highest BCUT2D eigenvalue weighted by Gasteiger charge is 2.17. The molecule has 2 N–H and O–H groups in total. The molecule has 0 aliphatic heterocycles. The largest absolute Gasteiger partial charge is 0.322 e. The van der Waals surface area contributed by atoms with Crippen molar-refractivity contribution >= 4 is 11.8 Å². The van der Waals surface area contributed by atoms with Gasteiger partial charge in [0, 0.05) is 10.9 Å². The number of nitrogens with zero attached hydrogens (tertiary/aromatic N) is 2. The summed E-state index contributed by atoms with van der Waals surface area (Å²) in [6, 6.07) is 8.31. The first kappa shape index (κ1) is 13.2. The van der Waals surface area contributed by atoms with E-state index in [1.54, 1.807) is 11.8 Å². The van der Waals surface area contributed by atoms with Gasteiger partial charge in [-0.25, -0.2) is 4.98 Å². The average Bonchev–Trinajstić information content (AvgIpc) is 2.86. The summed E-state index contributed by atoms with van der Waals surface area (Å²) < 4.78 is 2.09. The third kappa shape index (κ3) is 2.44. The van der Waals surface area contributed by atoms with Crippen LogP contribution in [0.15, 0.2) is 41.7 Å². The van der Waals surface area contributed by atoms with Crippen LogP contribution in [-0.4, -0.2) is 15.8 Å². The predicted octanol–water partition coefficient (Wildman–Crippen LogP) is 3.25. The molecule has 0 saturated carbocycles. The summed E-state index contributed by atoms with van der Waals surface area (Å²) in [7, 11) is 0. The molecule has 1 atom stereocenters. The second kappa shape index (κ2) is 5.59. The van der Waals surface area contributed by atoms with Crippen LogP contribution < -0.4 is 5.73 Å². The fraction of sp³-hybridized carbons (Fsp3) is 0.357. The molecule has 18 heavy (non-hydrogen) atoms. The van der Waals surface area contributed by atoms with Crippen LogP contribution in [0.3, 0.4) is 0 Å². The highest BCUT2D eigenvalue weighted by molar-refractivity contribution is 7.98. The van der Waals surface area contributed by atoms with E-state index in [4.69, 9.17) is 5.73 Å². The van der Waals surface area contributed by atoms with Crippen LogP contribution in [0.2, 0.25) is 0 Å². The van der Waals surface area contributed by atoms with Gasteiger partial charge < -0.3 is 10.3 Å². The number of para-hydroxylation sites is 1. The minimum absolute atomic E-state index is 0.00223. The van der Waals surface area contributed by atoms with E-state index in [0.29, 0.717) is 5.92 Å². The van der Waals surface area contributed by atoms with Gasteiger partial charge in [0.1, 0.15) is 0 Å². The van der Waals surface area contributed by atoms with E-state index in [1.807, 2.05) is 24.7 Å². The summed E-state index contributed by atoms with van der Waals surface area (Å²) in [5.41, 5.74) is 8.45. The lowest BCUT2D eigenvalue weighted by Crippen LogP contribution is -2.20. The van der Waals surface area contributed by atoms with Crippen LogP contribution in [0.1, 0.15) is 25.6 Å². The van der Waals surface area contributed by atoms with E-state index in [0.717, 1.165) is 11.4 Å². The molecule has 3 nitrogen and oxygen atoms in total. The Morgan fingerprint density at radius 3 is 2.67 bits per heavy atom. The van der Waals surface area contributed by atoms with Crippen molar-refractivity contribution in [3.8, 4) is 5.69 Å². The number of rotatable bonds is 4. The van der Waals surface area contributed by atoms with Crippen molar-refractivity contribution in [1.82, 2.24) is 9.55 Å². The Morgan fingerprint density at radius 1 is 1.28 bits per heavy atom. The Labute approximate surface area is 112 Å². The molecule has 0 spiro atoms. The van der Waals surface area contributed by atoms with Gasteiger partial charge in [0.25, 0.3) is 0 Å². The number of benzene rings is 1. The monoisotopic (exact) mass is 261 g/mol. The van der Waals surface area contributed by atoms with Crippen LogP contribution >= 0.6 is 11.8 Å². The Kier molecular flexibility index (Phi) is 4.09. The van der Waals surface area contributed by atoms with Crippen LogP contribution in [-0.2, 0) is 0 Å². The van der Waals surface area contributed by atoms with Crippen molar-refractivity contribution in [2.45, 2.75) is 24.8 Å². The third-order valence-electron chi connectivity index (χ3n) is 3.07. The van der Waals surface area contributed by atoms with E-state index in [2.05, 4.69) is 41.8 Å². The molecule has 0 amide bonds. The molecule has 1 aromatic heterocycles. The second-order valence-electron chi connectivity index (χ2n) is 4.63. The number of imidazole rings is 1. The fourth-order valence-corrected chi connectivity index (χ4v) is 2.51. The van der Waals surface area contributed by atoms with Crippen LogP contribution in [0, 0.1) is 5.92 Å². The summed E-state index contributed by atoms with van der Waals surface area (Å²) in [6.45, 7) is 4.25. The molecule has 0 fully saturated rings. The van der Waals surface area contributed by atoms with E-state index in [9.17, 15) is 0 Å². The maximum Gasteiger partial charge on any atom is 0.0995 e. The normalized spacial score (nSPS) is 12.9. The number of aromatic nitrogens is 2. The molecular formula is C14H19N3S. The number of thioether (sulfide) groups is 1. The fourth-order valence-electron chi connectivity index (χ4n) is 1.92. The van der Waals surface area contributed by atoms with Gasteiger partial charge >= 0.3 is 0 Å². The van der Waals surface area contributed by atoms with Crippen molar-refractivity contribution in [3.63, 3.8) is 0 Å². The minimum atomic E-state index is 0.00223. The second-order valence-corrected chi connectivity index (χ2v) is 5.48. The summed E-state index contributed by atoms with van der Waals surface area (Å²) >= 11 is 1.73. The van der Waals surface area contributed by atoms with E-state index < -0.39 is 0 Å². The van der Waals surface area contributed by atoms with Gasteiger partial charge in [-0.15, -0.1) is 11.8 Å². The molecule has 1 unspecified atom stereocenters. The standard InChI is InChI=1S/C14H19N3S/c1-10(2)14(15)12-8-16-9-17(12)11-6-4-5-7-13(11)18-3/h4-10,14H,15H2,1-3H3. The zero-order chi connectivity index (χ0) is 13.1. The lowest BCUT2D eigenvalue weighted by atomic mass is 10.0. The van der Waals surface area contributed by atoms with Gasteiger partial charge in [0.15, 0.2) is 0 Å². The van der Waals surface area contributed by atoms with Gasteiger partial charge in [-0.2, -0.15) is 0 Å². The molecular weight excluding hydrogens is 242 g/mol. The summed E-state index contributed by atoms with van der Waals surface area (Å²) in [6.07, 6.45) is 5.78. The molecule has 4 heteroatoms. The molecule has 1 heterocycles. The molecule has 0 bridgehead atoms. The van der Waals surface area contributed by atoms with Crippen molar-refractivity contribution in [1.29, 1.82) is 0 Å². The zero-order valence-electron chi connectivity index (χ0n) is 11.0. The predicted molar refractivity (Wildman–Crippen MR) is 77.1 cm³/mol. The van der Waals surface area contributed by atoms with E-state index >= 15 is 0 Å².